The molecule has 0 spiro atoms. The quantitative estimate of drug-likeness (QED) is 0.660. The standard InChI is InChI=1S/C22H20N2OS/c1-3-9-18(10-4-1)21-15-23-22(24-21)26-16-17-8-7-13-20(14-17)25-19-11-5-2-6-12-19/h1-14,21H,15-16H2,(H,23,24)/t21-/m0/s1. The highest BCUT2D eigenvalue weighted by Crippen LogP contribution is 2.26. The number of ether oxygens (including phenoxy) is 1. The van der Waals surface area contributed by atoms with Gasteiger partial charge in [0.05, 0.1) is 12.6 Å². The van der Waals surface area contributed by atoms with Crippen LogP contribution in [0.2, 0.25) is 0 Å². The SMILES string of the molecule is c1ccc(Oc2cccc(CSC3=NC[C@@H](c4ccccc4)N3)c2)cc1. The second-order valence-corrected chi connectivity index (χ2v) is 7.07. The zero-order chi connectivity index (χ0) is 17.6. The molecular formula is C22H20N2OS. The number of nitrogens with zero attached hydrogens (tertiary/aromatic N) is 1. The normalized spacial score (nSPS) is 16.0. The minimum absolute atomic E-state index is 0.284. The first kappa shape index (κ1) is 16.7. The van der Waals surface area contributed by atoms with Crippen molar-refractivity contribution in [1.29, 1.82) is 0 Å². The van der Waals surface area contributed by atoms with Gasteiger partial charge in [0.15, 0.2) is 5.17 Å². The first-order valence-corrected chi connectivity index (χ1v) is 9.66. The lowest BCUT2D eigenvalue weighted by atomic mass is 10.1. The third kappa shape index (κ3) is 4.27. The molecule has 0 aliphatic carbocycles. The molecule has 3 nitrogen and oxygen atoms in total. The van der Waals surface area contributed by atoms with Crippen molar-refractivity contribution in [3.8, 4) is 11.5 Å². The number of hydrogen-bond acceptors (Lipinski definition) is 4. The molecule has 0 bridgehead atoms. The summed E-state index contributed by atoms with van der Waals surface area (Å²) in [5, 5.41) is 4.52. The van der Waals surface area contributed by atoms with Crippen LogP contribution in [0.4, 0.5) is 0 Å². The molecule has 1 N–H and O–H groups in total. The molecule has 0 amide bonds. The van der Waals surface area contributed by atoms with Gasteiger partial charge in [-0.3, -0.25) is 4.99 Å². The Kier molecular flexibility index (Phi) is 5.22. The summed E-state index contributed by atoms with van der Waals surface area (Å²) in [6.07, 6.45) is 0. The topological polar surface area (TPSA) is 33.6 Å². The predicted molar refractivity (Wildman–Crippen MR) is 109 cm³/mol. The van der Waals surface area contributed by atoms with E-state index in [1.54, 1.807) is 11.8 Å². The molecule has 0 unspecified atom stereocenters. The van der Waals surface area contributed by atoms with Crippen molar-refractivity contribution in [2.45, 2.75) is 11.8 Å². The van der Waals surface area contributed by atoms with Crippen molar-refractivity contribution in [3.63, 3.8) is 0 Å². The lowest BCUT2D eigenvalue weighted by Gasteiger charge is -2.12. The second kappa shape index (κ2) is 8.11. The Balaban J connectivity index is 1.33. The van der Waals surface area contributed by atoms with Gasteiger partial charge in [-0.05, 0) is 35.4 Å². The molecule has 1 aliphatic heterocycles. The molecule has 1 aliphatic rings. The van der Waals surface area contributed by atoms with Crippen LogP contribution >= 0.6 is 11.8 Å². The molecule has 4 rings (SSSR count). The fraction of sp³-hybridized carbons (Fsp3) is 0.136. The van der Waals surface area contributed by atoms with Crippen molar-refractivity contribution in [2.75, 3.05) is 6.54 Å². The molecule has 130 valence electrons. The minimum Gasteiger partial charge on any atom is -0.457 e. The Morgan fingerprint density at radius 3 is 2.42 bits per heavy atom. The van der Waals surface area contributed by atoms with Crippen LogP contribution in [0.25, 0.3) is 0 Å². The lowest BCUT2D eigenvalue weighted by Crippen LogP contribution is -2.20. The van der Waals surface area contributed by atoms with Crippen molar-refractivity contribution < 1.29 is 4.74 Å². The molecule has 0 aromatic heterocycles. The highest BCUT2D eigenvalue weighted by atomic mass is 32.2. The van der Waals surface area contributed by atoms with Crippen molar-refractivity contribution in [3.05, 3.63) is 96.1 Å². The summed E-state index contributed by atoms with van der Waals surface area (Å²) in [5.74, 6) is 2.57. The fourth-order valence-corrected chi connectivity index (χ4v) is 3.73. The van der Waals surface area contributed by atoms with Crippen LogP contribution in [0.3, 0.4) is 0 Å². The van der Waals surface area contributed by atoms with Gasteiger partial charge in [-0.2, -0.15) is 0 Å². The molecule has 26 heavy (non-hydrogen) atoms. The lowest BCUT2D eigenvalue weighted by molar-refractivity contribution is 0.482. The van der Waals surface area contributed by atoms with Crippen LogP contribution in [0, 0.1) is 0 Å². The van der Waals surface area contributed by atoms with E-state index >= 15 is 0 Å². The summed E-state index contributed by atoms with van der Waals surface area (Å²) >= 11 is 1.73. The maximum Gasteiger partial charge on any atom is 0.157 e. The number of benzene rings is 3. The Morgan fingerprint density at radius 1 is 0.885 bits per heavy atom. The third-order valence-electron chi connectivity index (χ3n) is 4.17. The van der Waals surface area contributed by atoms with Crippen LogP contribution in [-0.4, -0.2) is 11.7 Å². The second-order valence-electron chi connectivity index (χ2n) is 6.10. The van der Waals surface area contributed by atoms with Gasteiger partial charge >= 0.3 is 0 Å². The molecule has 1 heterocycles. The largest absolute Gasteiger partial charge is 0.457 e. The van der Waals surface area contributed by atoms with Crippen molar-refractivity contribution in [1.82, 2.24) is 5.32 Å². The van der Waals surface area contributed by atoms with Crippen LogP contribution in [0.1, 0.15) is 17.2 Å². The van der Waals surface area contributed by atoms with Gasteiger partial charge in [0.1, 0.15) is 11.5 Å². The molecule has 4 heteroatoms. The van der Waals surface area contributed by atoms with Gasteiger partial charge < -0.3 is 10.1 Å². The van der Waals surface area contributed by atoms with Crippen LogP contribution in [-0.2, 0) is 5.75 Å². The smallest absolute Gasteiger partial charge is 0.157 e. The van der Waals surface area contributed by atoms with Gasteiger partial charge in [0.25, 0.3) is 0 Å². The van der Waals surface area contributed by atoms with Gasteiger partial charge in [0.2, 0.25) is 0 Å². The van der Waals surface area contributed by atoms with E-state index in [1.807, 2.05) is 48.5 Å². The van der Waals surface area contributed by atoms with E-state index in [0.717, 1.165) is 29.0 Å². The number of amidine groups is 1. The van der Waals surface area contributed by atoms with E-state index in [1.165, 1.54) is 11.1 Å². The predicted octanol–water partition coefficient (Wildman–Crippen LogP) is 5.41. The van der Waals surface area contributed by atoms with E-state index in [2.05, 4.69) is 46.7 Å². The minimum atomic E-state index is 0.284. The zero-order valence-electron chi connectivity index (χ0n) is 14.3. The number of hydrogen-bond donors (Lipinski definition) is 1. The summed E-state index contributed by atoms with van der Waals surface area (Å²) in [6, 6.07) is 28.8. The molecule has 3 aromatic rings. The Morgan fingerprint density at radius 2 is 1.62 bits per heavy atom. The zero-order valence-corrected chi connectivity index (χ0v) is 15.2. The number of para-hydroxylation sites is 1. The Labute approximate surface area is 158 Å². The number of nitrogens with one attached hydrogen (secondary N) is 1. The van der Waals surface area contributed by atoms with Gasteiger partial charge in [-0.1, -0.05) is 72.4 Å². The maximum atomic E-state index is 5.91. The number of rotatable bonds is 5. The van der Waals surface area contributed by atoms with Gasteiger partial charge in [0, 0.05) is 5.75 Å². The van der Waals surface area contributed by atoms with Crippen molar-refractivity contribution in [2.24, 2.45) is 4.99 Å². The van der Waals surface area contributed by atoms with E-state index in [0.29, 0.717) is 0 Å². The van der Waals surface area contributed by atoms with E-state index < -0.39 is 0 Å². The summed E-state index contributed by atoms with van der Waals surface area (Å²) in [6.45, 7) is 0.795. The fourth-order valence-electron chi connectivity index (χ4n) is 2.85. The number of aliphatic imine (C=N–C) groups is 1. The molecule has 0 saturated heterocycles. The van der Waals surface area contributed by atoms with E-state index in [9.17, 15) is 0 Å². The summed E-state index contributed by atoms with van der Waals surface area (Å²) in [5.41, 5.74) is 2.50. The molecule has 3 aromatic carbocycles. The van der Waals surface area contributed by atoms with Crippen molar-refractivity contribution >= 4 is 16.9 Å². The highest BCUT2D eigenvalue weighted by molar-refractivity contribution is 8.13. The summed E-state index contributed by atoms with van der Waals surface area (Å²) in [4.78, 5) is 4.64. The molecule has 0 fully saturated rings. The van der Waals surface area contributed by atoms with E-state index in [-0.39, 0.29) is 6.04 Å². The Bertz CT molecular complexity index is 881. The number of thioether (sulfide) groups is 1. The monoisotopic (exact) mass is 360 g/mol. The first-order chi connectivity index (χ1) is 12.9. The molecule has 0 radical (unpaired) electrons. The van der Waals surface area contributed by atoms with Crippen LogP contribution in [0.15, 0.2) is 89.9 Å². The average Bonchev–Trinajstić information content (AvgIpc) is 3.17. The summed E-state index contributed by atoms with van der Waals surface area (Å²) < 4.78 is 5.91. The van der Waals surface area contributed by atoms with E-state index in [4.69, 9.17) is 4.74 Å². The Hall–Kier alpha value is -2.72. The molecular weight excluding hydrogens is 340 g/mol. The summed E-state index contributed by atoms with van der Waals surface area (Å²) in [7, 11) is 0. The maximum absolute atomic E-state index is 5.91. The van der Waals surface area contributed by atoms with Crippen LogP contribution in [0.5, 0.6) is 11.5 Å². The van der Waals surface area contributed by atoms with Gasteiger partial charge in [-0.25, -0.2) is 0 Å². The van der Waals surface area contributed by atoms with Gasteiger partial charge in [-0.15, -0.1) is 0 Å². The third-order valence-corrected chi connectivity index (χ3v) is 5.17. The average molecular weight is 360 g/mol. The molecule has 0 saturated carbocycles. The molecule has 1 atom stereocenters. The van der Waals surface area contributed by atoms with Crippen LogP contribution < -0.4 is 10.1 Å². The highest BCUT2D eigenvalue weighted by Gasteiger charge is 2.19. The first-order valence-electron chi connectivity index (χ1n) is 8.67.